The van der Waals surface area contributed by atoms with Gasteiger partial charge in [-0.3, -0.25) is 4.68 Å². The lowest BCUT2D eigenvalue weighted by Crippen LogP contribution is -2.50. The predicted molar refractivity (Wildman–Crippen MR) is 111 cm³/mol. The molecule has 0 bridgehead atoms. The van der Waals surface area contributed by atoms with E-state index in [1.807, 2.05) is 12.1 Å². The van der Waals surface area contributed by atoms with Crippen LogP contribution in [0.5, 0.6) is 0 Å². The third kappa shape index (κ3) is 3.98. The van der Waals surface area contributed by atoms with Crippen molar-refractivity contribution in [3.05, 3.63) is 41.2 Å². The van der Waals surface area contributed by atoms with Crippen molar-refractivity contribution in [3.63, 3.8) is 0 Å². The van der Waals surface area contributed by atoms with Gasteiger partial charge in [0.15, 0.2) is 0 Å². The van der Waals surface area contributed by atoms with E-state index in [1.54, 1.807) is 37.7 Å². The zero-order valence-electron chi connectivity index (χ0n) is 17.5. The molecule has 0 saturated carbocycles. The summed E-state index contributed by atoms with van der Waals surface area (Å²) in [5, 5.41) is 4.19. The highest BCUT2D eigenvalue weighted by Crippen LogP contribution is 2.26. The lowest BCUT2D eigenvalue weighted by atomic mass is 10.0. The molecule has 0 radical (unpaired) electrons. The summed E-state index contributed by atoms with van der Waals surface area (Å²) >= 11 is 0. The van der Waals surface area contributed by atoms with Gasteiger partial charge in [-0.05, 0) is 37.5 Å². The normalized spacial score (nSPS) is 17.2. The van der Waals surface area contributed by atoms with Crippen LogP contribution in [0.15, 0.2) is 34.1 Å². The van der Waals surface area contributed by atoms with Crippen molar-refractivity contribution in [2.45, 2.75) is 43.4 Å². The van der Waals surface area contributed by atoms with Crippen LogP contribution < -0.4 is 0 Å². The second-order valence-corrected chi connectivity index (χ2v) is 11.5. The number of sulfonamides is 2. The predicted octanol–water partition coefficient (Wildman–Crippen LogP) is 1.86. The number of aromatic nitrogens is 2. The van der Waals surface area contributed by atoms with Crippen molar-refractivity contribution in [2.75, 3.05) is 26.2 Å². The van der Waals surface area contributed by atoms with Crippen LogP contribution in [-0.4, -0.2) is 61.4 Å². The Hall–Kier alpha value is -1.75. The third-order valence-electron chi connectivity index (χ3n) is 5.42. The highest BCUT2D eigenvalue weighted by Gasteiger charge is 2.36. The van der Waals surface area contributed by atoms with Crippen LogP contribution in [0.2, 0.25) is 0 Å². The van der Waals surface area contributed by atoms with Gasteiger partial charge < -0.3 is 0 Å². The van der Waals surface area contributed by atoms with E-state index in [1.165, 1.54) is 8.61 Å². The summed E-state index contributed by atoms with van der Waals surface area (Å²) in [4.78, 5) is 0.442. The smallest absolute Gasteiger partial charge is 0.246 e. The van der Waals surface area contributed by atoms with Gasteiger partial charge in [-0.2, -0.15) is 13.7 Å². The van der Waals surface area contributed by atoms with Crippen LogP contribution in [0, 0.1) is 13.8 Å². The second kappa shape index (κ2) is 7.82. The first-order valence-corrected chi connectivity index (χ1v) is 12.4. The van der Waals surface area contributed by atoms with Gasteiger partial charge in [-0.1, -0.05) is 26.0 Å². The van der Waals surface area contributed by atoms with E-state index >= 15 is 0 Å². The average Bonchev–Trinajstić information content (AvgIpc) is 2.94. The maximum atomic E-state index is 13.1. The summed E-state index contributed by atoms with van der Waals surface area (Å²) in [6.45, 7) is 7.94. The summed E-state index contributed by atoms with van der Waals surface area (Å²) < 4.78 is 56.3. The van der Waals surface area contributed by atoms with Crippen molar-refractivity contribution >= 4 is 20.0 Å². The monoisotopic (exact) mass is 440 g/mol. The number of nitrogens with zero attached hydrogens (tertiary/aromatic N) is 4. The largest absolute Gasteiger partial charge is 0.271 e. The summed E-state index contributed by atoms with van der Waals surface area (Å²) in [6.07, 6.45) is 0. The summed E-state index contributed by atoms with van der Waals surface area (Å²) in [5.74, 6) is 0.319. The molecule has 0 atom stereocenters. The zero-order valence-corrected chi connectivity index (χ0v) is 19.1. The average molecular weight is 441 g/mol. The maximum absolute atomic E-state index is 13.1. The fourth-order valence-corrected chi connectivity index (χ4v) is 6.82. The van der Waals surface area contributed by atoms with Gasteiger partial charge in [0.2, 0.25) is 20.0 Å². The Morgan fingerprint density at radius 1 is 0.862 bits per heavy atom. The zero-order chi connectivity index (χ0) is 21.6. The molecule has 0 N–H and O–H groups in total. The van der Waals surface area contributed by atoms with E-state index in [9.17, 15) is 16.8 Å². The lowest BCUT2D eigenvalue weighted by molar-refractivity contribution is 0.272. The van der Waals surface area contributed by atoms with Crippen molar-refractivity contribution in [3.8, 4) is 0 Å². The number of rotatable bonds is 5. The van der Waals surface area contributed by atoms with Crippen LogP contribution in [0.3, 0.4) is 0 Å². The van der Waals surface area contributed by atoms with Gasteiger partial charge in [-0.15, -0.1) is 0 Å². The fourth-order valence-electron chi connectivity index (χ4n) is 3.58. The Labute approximate surface area is 173 Å². The van der Waals surface area contributed by atoms with Crippen LogP contribution in [0.1, 0.15) is 36.7 Å². The van der Waals surface area contributed by atoms with Crippen LogP contribution in [0.4, 0.5) is 0 Å². The summed E-state index contributed by atoms with van der Waals surface area (Å²) in [5.41, 5.74) is 2.09. The molecular formula is C19H28N4O4S2. The lowest BCUT2D eigenvalue weighted by Gasteiger charge is -2.33. The molecule has 29 heavy (non-hydrogen) atoms. The quantitative estimate of drug-likeness (QED) is 0.708. The summed E-state index contributed by atoms with van der Waals surface area (Å²) in [6, 6.07) is 6.89. The molecule has 3 rings (SSSR count). The molecule has 1 aliphatic rings. The number of piperazine rings is 1. The van der Waals surface area contributed by atoms with Gasteiger partial charge in [0.25, 0.3) is 0 Å². The molecule has 0 amide bonds. The van der Waals surface area contributed by atoms with Crippen molar-refractivity contribution in [1.82, 2.24) is 18.4 Å². The Morgan fingerprint density at radius 3 is 1.76 bits per heavy atom. The molecule has 1 saturated heterocycles. The first kappa shape index (κ1) is 21.9. The highest BCUT2D eigenvalue weighted by atomic mass is 32.2. The maximum Gasteiger partial charge on any atom is 0.246 e. The first-order valence-electron chi connectivity index (χ1n) is 9.56. The minimum atomic E-state index is -3.72. The molecule has 0 unspecified atom stereocenters. The number of aryl methyl sites for hydroxylation is 2. The molecule has 2 aromatic rings. The second-order valence-electron chi connectivity index (χ2n) is 7.66. The van der Waals surface area contributed by atoms with Crippen LogP contribution >= 0.6 is 0 Å². The van der Waals surface area contributed by atoms with E-state index in [0.717, 1.165) is 5.56 Å². The van der Waals surface area contributed by atoms with Gasteiger partial charge in [0, 0.05) is 33.2 Å². The molecule has 8 nitrogen and oxygen atoms in total. The number of hydrogen-bond acceptors (Lipinski definition) is 5. The molecule has 1 aromatic carbocycles. The molecule has 160 valence electrons. The Kier molecular flexibility index (Phi) is 5.92. The van der Waals surface area contributed by atoms with Gasteiger partial charge in [0.05, 0.1) is 16.3 Å². The van der Waals surface area contributed by atoms with E-state index in [4.69, 9.17) is 0 Å². The van der Waals surface area contributed by atoms with Gasteiger partial charge in [-0.25, -0.2) is 16.8 Å². The van der Waals surface area contributed by atoms with E-state index in [0.29, 0.717) is 17.3 Å². The van der Waals surface area contributed by atoms with Gasteiger partial charge >= 0.3 is 0 Å². The van der Waals surface area contributed by atoms with E-state index in [-0.39, 0.29) is 36.0 Å². The number of hydrogen-bond donors (Lipinski definition) is 0. The fraction of sp³-hybridized carbons (Fsp3) is 0.526. The van der Waals surface area contributed by atoms with Crippen molar-refractivity contribution in [1.29, 1.82) is 0 Å². The minimum absolute atomic E-state index is 0.111. The first-order chi connectivity index (χ1) is 13.5. The molecule has 10 heteroatoms. The van der Waals surface area contributed by atoms with E-state index < -0.39 is 20.0 Å². The molecule has 0 aliphatic carbocycles. The van der Waals surface area contributed by atoms with E-state index in [2.05, 4.69) is 18.9 Å². The topological polar surface area (TPSA) is 92.6 Å². The van der Waals surface area contributed by atoms with Crippen LogP contribution in [0.25, 0.3) is 0 Å². The molecule has 2 heterocycles. The molecular weight excluding hydrogens is 412 g/mol. The number of benzene rings is 1. The Morgan fingerprint density at radius 2 is 1.34 bits per heavy atom. The Balaban J connectivity index is 1.77. The molecule has 1 aromatic heterocycles. The molecule has 1 fully saturated rings. The van der Waals surface area contributed by atoms with Crippen molar-refractivity contribution in [2.24, 2.45) is 7.05 Å². The Bertz CT molecular complexity index is 1100. The standard InChI is InChI=1S/C19H28N4O4S2/c1-14(2)17-6-8-18(9-7-17)28(24,25)22-10-12-23(13-11-22)29(26,27)19-15(3)20-21(5)16(19)4/h6-9,14H,10-13H2,1-5H3. The van der Waals surface area contributed by atoms with Gasteiger partial charge in [0.1, 0.15) is 4.90 Å². The summed E-state index contributed by atoms with van der Waals surface area (Å²) in [7, 11) is -5.67. The SMILES string of the molecule is Cc1nn(C)c(C)c1S(=O)(=O)N1CCN(S(=O)(=O)c2ccc(C(C)C)cc2)CC1. The highest BCUT2D eigenvalue weighted by molar-refractivity contribution is 7.89. The minimum Gasteiger partial charge on any atom is -0.271 e. The van der Waals surface area contributed by atoms with Crippen LogP contribution in [-0.2, 0) is 27.1 Å². The third-order valence-corrected chi connectivity index (χ3v) is 9.49. The van der Waals surface area contributed by atoms with Crippen molar-refractivity contribution < 1.29 is 16.8 Å². The molecule has 0 spiro atoms. The molecule has 1 aliphatic heterocycles.